The fourth-order valence-electron chi connectivity index (χ4n) is 7.66. The fraction of sp³-hybridized carbons (Fsp3) is 0. The summed E-state index contributed by atoms with van der Waals surface area (Å²) in [7, 11) is 0. The van der Waals surface area contributed by atoms with Crippen molar-refractivity contribution in [1.82, 2.24) is 15.0 Å². The summed E-state index contributed by atoms with van der Waals surface area (Å²) in [6.45, 7) is 0. The highest BCUT2D eigenvalue weighted by Crippen LogP contribution is 2.43. The van der Waals surface area contributed by atoms with Gasteiger partial charge in [-0.05, 0) is 85.9 Å². The van der Waals surface area contributed by atoms with Gasteiger partial charge in [-0.2, -0.15) is 0 Å². The molecule has 266 valence electrons. The van der Waals surface area contributed by atoms with E-state index in [1.54, 1.807) is 17.0 Å². The van der Waals surface area contributed by atoms with Crippen LogP contribution < -0.4 is 4.90 Å². The van der Waals surface area contributed by atoms with Crippen LogP contribution in [0.2, 0.25) is 0 Å². The second-order valence-corrected chi connectivity index (χ2v) is 13.6. The quantitative estimate of drug-likeness (QED) is 0.121. The molecule has 0 spiro atoms. The standard InChI is InChI=1S/C49H29F3N4/c50-41-28-29-42(46(52)45(41)51)56(35-14-8-3-9-15-35)36-22-16-30(17-23-36)37-24-18-31-20-26-39-40(27-21-32-19-25-38(37)43(31)44(32)39)49-54-47(33-10-4-1-5-11-33)53-48(55-49)34-12-6-2-7-13-34/h1-29H. The predicted octanol–water partition coefficient (Wildman–Crippen LogP) is 13.3. The van der Waals surface area contributed by atoms with Gasteiger partial charge in [0.1, 0.15) is 0 Å². The van der Waals surface area contributed by atoms with Gasteiger partial charge >= 0.3 is 0 Å². The lowest BCUT2D eigenvalue weighted by molar-refractivity contribution is 0.448. The van der Waals surface area contributed by atoms with Crippen LogP contribution in [0.1, 0.15) is 0 Å². The summed E-state index contributed by atoms with van der Waals surface area (Å²) < 4.78 is 43.7. The highest BCUT2D eigenvalue weighted by atomic mass is 19.2. The van der Waals surface area contributed by atoms with Gasteiger partial charge in [-0.25, -0.2) is 28.1 Å². The summed E-state index contributed by atoms with van der Waals surface area (Å²) in [4.78, 5) is 16.6. The molecule has 0 unspecified atom stereocenters. The minimum Gasteiger partial charge on any atom is -0.308 e. The Morgan fingerprint density at radius 3 is 1.43 bits per heavy atom. The first-order chi connectivity index (χ1) is 27.5. The minimum atomic E-state index is -1.51. The lowest BCUT2D eigenvalue weighted by atomic mass is 9.88. The molecule has 0 aliphatic carbocycles. The van der Waals surface area contributed by atoms with E-state index >= 15 is 4.39 Å². The molecule has 10 rings (SSSR count). The average molecular weight is 731 g/mol. The molecular formula is C49H29F3N4. The molecule has 9 aromatic carbocycles. The second-order valence-electron chi connectivity index (χ2n) is 13.6. The Kier molecular flexibility index (Phi) is 7.99. The Morgan fingerprint density at radius 2 is 0.839 bits per heavy atom. The first-order valence-corrected chi connectivity index (χ1v) is 18.2. The Balaban J connectivity index is 1.11. The zero-order chi connectivity index (χ0) is 37.8. The van der Waals surface area contributed by atoms with E-state index in [1.807, 2.05) is 103 Å². The van der Waals surface area contributed by atoms with Gasteiger partial charge in [0.05, 0.1) is 5.69 Å². The monoisotopic (exact) mass is 730 g/mol. The minimum absolute atomic E-state index is 0.0914. The van der Waals surface area contributed by atoms with Crippen LogP contribution in [0, 0.1) is 17.5 Å². The average Bonchev–Trinajstić information content (AvgIpc) is 3.26. The van der Waals surface area contributed by atoms with Crippen LogP contribution in [0.15, 0.2) is 176 Å². The van der Waals surface area contributed by atoms with Gasteiger partial charge in [0.2, 0.25) is 0 Å². The third kappa shape index (κ3) is 5.60. The molecule has 0 saturated carbocycles. The van der Waals surface area contributed by atoms with Crippen LogP contribution in [0.3, 0.4) is 0 Å². The van der Waals surface area contributed by atoms with E-state index in [2.05, 4.69) is 48.5 Å². The van der Waals surface area contributed by atoms with Gasteiger partial charge in [-0.15, -0.1) is 0 Å². The first-order valence-electron chi connectivity index (χ1n) is 18.2. The zero-order valence-corrected chi connectivity index (χ0v) is 29.7. The van der Waals surface area contributed by atoms with Crippen LogP contribution in [0.4, 0.5) is 30.2 Å². The Hall–Kier alpha value is -7.38. The number of benzene rings is 9. The van der Waals surface area contributed by atoms with E-state index in [0.29, 0.717) is 28.8 Å². The van der Waals surface area contributed by atoms with E-state index in [4.69, 9.17) is 15.0 Å². The number of aromatic nitrogens is 3. The van der Waals surface area contributed by atoms with Gasteiger partial charge < -0.3 is 4.90 Å². The number of halogens is 3. The highest BCUT2D eigenvalue weighted by molar-refractivity contribution is 6.27. The van der Waals surface area contributed by atoms with E-state index in [-0.39, 0.29) is 5.69 Å². The highest BCUT2D eigenvalue weighted by Gasteiger charge is 2.22. The third-order valence-electron chi connectivity index (χ3n) is 10.3. The van der Waals surface area contributed by atoms with Crippen LogP contribution in [0.5, 0.6) is 0 Å². The molecule has 10 aromatic rings. The summed E-state index contributed by atoms with van der Waals surface area (Å²) in [5.41, 5.74) is 5.79. The molecule has 1 heterocycles. The molecule has 1 aromatic heterocycles. The van der Waals surface area contributed by atoms with Crippen molar-refractivity contribution in [2.24, 2.45) is 0 Å². The third-order valence-corrected chi connectivity index (χ3v) is 10.3. The molecule has 56 heavy (non-hydrogen) atoms. The fourth-order valence-corrected chi connectivity index (χ4v) is 7.66. The predicted molar refractivity (Wildman–Crippen MR) is 220 cm³/mol. The molecule has 0 amide bonds. The molecule has 0 bridgehead atoms. The number of nitrogens with zero attached hydrogens (tertiary/aromatic N) is 4. The molecule has 7 heteroatoms. The zero-order valence-electron chi connectivity index (χ0n) is 29.7. The number of para-hydroxylation sites is 1. The normalized spacial score (nSPS) is 11.5. The summed E-state index contributed by atoms with van der Waals surface area (Å²) in [6, 6.07) is 55.9. The van der Waals surface area contributed by atoms with Crippen molar-refractivity contribution in [3.63, 3.8) is 0 Å². The molecule has 0 saturated heterocycles. The molecule has 0 N–H and O–H groups in total. The van der Waals surface area contributed by atoms with Crippen molar-refractivity contribution < 1.29 is 13.2 Å². The Bertz CT molecular complexity index is 2990. The molecular weight excluding hydrogens is 702 g/mol. The van der Waals surface area contributed by atoms with Crippen molar-refractivity contribution in [3.8, 4) is 45.3 Å². The van der Waals surface area contributed by atoms with E-state index in [1.165, 1.54) is 6.07 Å². The van der Waals surface area contributed by atoms with Gasteiger partial charge in [0.15, 0.2) is 34.9 Å². The van der Waals surface area contributed by atoms with Crippen LogP contribution in [-0.4, -0.2) is 15.0 Å². The maximum absolute atomic E-state index is 15.3. The maximum Gasteiger partial charge on any atom is 0.196 e. The first kappa shape index (κ1) is 33.2. The van der Waals surface area contributed by atoms with Crippen LogP contribution in [-0.2, 0) is 0 Å². The Morgan fingerprint density at radius 1 is 0.357 bits per heavy atom. The SMILES string of the molecule is Fc1ccc(N(c2ccccc2)c2ccc(-c3ccc4ccc5c(-c6nc(-c7ccccc7)nc(-c7ccccc7)n6)ccc6ccc3c4c65)cc2)c(F)c1F. The summed E-state index contributed by atoms with van der Waals surface area (Å²) >= 11 is 0. The van der Waals surface area contributed by atoms with Gasteiger partial charge in [0, 0.05) is 28.1 Å². The summed E-state index contributed by atoms with van der Waals surface area (Å²) in [5, 5.41) is 6.54. The van der Waals surface area contributed by atoms with Gasteiger partial charge in [-0.1, -0.05) is 133 Å². The van der Waals surface area contributed by atoms with Crippen LogP contribution >= 0.6 is 0 Å². The van der Waals surface area contributed by atoms with Gasteiger partial charge in [0.25, 0.3) is 0 Å². The summed E-state index contributed by atoms with van der Waals surface area (Å²) in [6.07, 6.45) is 0. The smallest absolute Gasteiger partial charge is 0.196 e. The van der Waals surface area contributed by atoms with E-state index in [9.17, 15) is 8.78 Å². The lowest BCUT2D eigenvalue weighted by Gasteiger charge is -2.26. The number of hydrogen-bond donors (Lipinski definition) is 0. The van der Waals surface area contributed by atoms with Crippen molar-refractivity contribution in [2.75, 3.05) is 4.90 Å². The molecule has 0 aliphatic rings. The molecule has 0 atom stereocenters. The van der Waals surface area contributed by atoms with Crippen molar-refractivity contribution >= 4 is 49.4 Å². The summed E-state index contributed by atoms with van der Waals surface area (Å²) in [5.74, 6) is -2.22. The molecule has 0 radical (unpaired) electrons. The van der Waals surface area contributed by atoms with Crippen molar-refractivity contribution in [2.45, 2.75) is 0 Å². The van der Waals surface area contributed by atoms with E-state index < -0.39 is 17.5 Å². The number of rotatable bonds is 7. The maximum atomic E-state index is 15.3. The molecule has 0 aliphatic heterocycles. The van der Waals surface area contributed by atoms with Crippen molar-refractivity contribution in [3.05, 3.63) is 193 Å². The van der Waals surface area contributed by atoms with Crippen LogP contribution in [0.25, 0.3) is 77.6 Å². The Labute approximate surface area is 320 Å². The topological polar surface area (TPSA) is 41.9 Å². The van der Waals surface area contributed by atoms with Gasteiger partial charge in [-0.3, -0.25) is 0 Å². The second kappa shape index (κ2) is 13.5. The largest absolute Gasteiger partial charge is 0.308 e. The lowest BCUT2D eigenvalue weighted by Crippen LogP contribution is -2.13. The molecule has 0 fully saturated rings. The van der Waals surface area contributed by atoms with Crippen molar-refractivity contribution in [1.29, 1.82) is 0 Å². The van der Waals surface area contributed by atoms with E-state index in [0.717, 1.165) is 66.2 Å². The number of hydrogen-bond acceptors (Lipinski definition) is 4. The molecule has 4 nitrogen and oxygen atoms in total. The number of anilines is 3.